The van der Waals surface area contributed by atoms with Crippen LogP contribution in [0.15, 0.2) is 30.3 Å². The molecule has 17 heavy (non-hydrogen) atoms. The van der Waals surface area contributed by atoms with Crippen LogP contribution in [0.25, 0.3) is 0 Å². The number of ether oxygens (including phenoxy) is 2. The van der Waals surface area contributed by atoms with E-state index in [0.29, 0.717) is 12.0 Å². The summed E-state index contributed by atoms with van der Waals surface area (Å²) in [6.45, 7) is 0.0165. The van der Waals surface area contributed by atoms with Gasteiger partial charge >= 0.3 is 5.97 Å². The third-order valence-corrected chi connectivity index (χ3v) is 2.64. The summed E-state index contributed by atoms with van der Waals surface area (Å²) in [5.74, 6) is -0.429. The van der Waals surface area contributed by atoms with E-state index in [4.69, 9.17) is 17.3 Å². The maximum absolute atomic E-state index is 11.6. The van der Waals surface area contributed by atoms with Crippen LogP contribution >= 0.6 is 0 Å². The molecule has 4 nitrogen and oxygen atoms in total. The van der Waals surface area contributed by atoms with Gasteiger partial charge in [-0.2, -0.15) is 0 Å². The van der Waals surface area contributed by atoms with Crippen molar-refractivity contribution >= 4 is 13.8 Å². The molecule has 0 bridgehead atoms. The first-order chi connectivity index (χ1) is 8.16. The first-order valence-corrected chi connectivity index (χ1v) is 5.48. The molecule has 0 aliphatic carbocycles. The number of carbonyl (C=O) groups excluding carboxylic acids is 1. The van der Waals surface area contributed by atoms with Crippen molar-refractivity contribution in [3.8, 4) is 0 Å². The Labute approximate surface area is 101 Å². The van der Waals surface area contributed by atoms with Gasteiger partial charge in [-0.05, 0) is 18.6 Å². The summed E-state index contributed by atoms with van der Waals surface area (Å²) >= 11 is 0. The summed E-state index contributed by atoms with van der Waals surface area (Å²) in [4.78, 5) is 11.6. The molecule has 1 saturated heterocycles. The van der Waals surface area contributed by atoms with Crippen LogP contribution in [0.1, 0.15) is 16.8 Å². The monoisotopic (exact) mass is 232 g/mol. The molecule has 0 aromatic heterocycles. The second-order valence-corrected chi connectivity index (χ2v) is 3.98. The molecule has 1 aromatic carbocycles. The van der Waals surface area contributed by atoms with Crippen LogP contribution in [0.5, 0.6) is 0 Å². The van der Waals surface area contributed by atoms with Gasteiger partial charge in [0.15, 0.2) is 0 Å². The first kappa shape index (κ1) is 12.1. The zero-order chi connectivity index (χ0) is 12.3. The summed E-state index contributed by atoms with van der Waals surface area (Å²) in [6, 6.07) is 8.19. The Morgan fingerprint density at radius 2 is 2.18 bits per heavy atom. The van der Waals surface area contributed by atoms with Crippen LogP contribution in [0.3, 0.4) is 0 Å². The minimum Gasteiger partial charge on any atom is -0.459 e. The SMILES string of the molecule is [B]C1CC(O)C(COC(=O)c2ccccc2)O1. The Morgan fingerprint density at radius 3 is 2.76 bits per heavy atom. The lowest BCUT2D eigenvalue weighted by Crippen LogP contribution is -2.28. The highest BCUT2D eigenvalue weighted by molar-refractivity contribution is 6.11. The van der Waals surface area contributed by atoms with Gasteiger partial charge in [-0.1, -0.05) is 18.2 Å². The molecule has 1 heterocycles. The van der Waals surface area contributed by atoms with Gasteiger partial charge in [-0.25, -0.2) is 4.79 Å². The second-order valence-electron chi connectivity index (χ2n) is 3.98. The van der Waals surface area contributed by atoms with E-state index in [1.807, 2.05) is 6.07 Å². The highest BCUT2D eigenvalue weighted by Crippen LogP contribution is 2.18. The first-order valence-electron chi connectivity index (χ1n) is 5.48. The Morgan fingerprint density at radius 1 is 1.47 bits per heavy atom. The lowest BCUT2D eigenvalue weighted by atomic mass is 9.96. The molecule has 1 N–H and O–H groups in total. The van der Waals surface area contributed by atoms with Gasteiger partial charge in [0.25, 0.3) is 0 Å². The number of esters is 1. The maximum atomic E-state index is 11.6. The summed E-state index contributed by atoms with van der Waals surface area (Å²) in [5.41, 5.74) is 0.476. The molecule has 2 rings (SSSR count). The van der Waals surface area contributed by atoms with Gasteiger partial charge in [0.1, 0.15) is 20.6 Å². The van der Waals surface area contributed by atoms with Crippen LogP contribution in [0, 0.1) is 0 Å². The van der Waals surface area contributed by atoms with E-state index in [9.17, 15) is 9.90 Å². The largest absolute Gasteiger partial charge is 0.459 e. The van der Waals surface area contributed by atoms with E-state index in [0.717, 1.165) is 0 Å². The smallest absolute Gasteiger partial charge is 0.338 e. The average Bonchev–Trinajstić information content (AvgIpc) is 2.66. The van der Waals surface area contributed by atoms with E-state index < -0.39 is 24.2 Å². The number of carbonyl (C=O) groups is 1. The second kappa shape index (κ2) is 5.34. The normalized spacial score (nSPS) is 27.9. The number of aliphatic hydroxyl groups excluding tert-OH is 1. The average molecular weight is 232 g/mol. The summed E-state index contributed by atoms with van der Waals surface area (Å²) in [6.07, 6.45) is -0.834. The van der Waals surface area contributed by atoms with Crippen molar-refractivity contribution in [2.75, 3.05) is 6.61 Å². The van der Waals surface area contributed by atoms with Gasteiger partial charge in [0, 0.05) is 6.00 Å². The third kappa shape index (κ3) is 3.08. The van der Waals surface area contributed by atoms with Gasteiger partial charge in [0.2, 0.25) is 0 Å². The molecule has 1 aliphatic heterocycles. The number of rotatable bonds is 3. The minimum atomic E-state index is -0.673. The van der Waals surface area contributed by atoms with Crippen molar-refractivity contribution in [3.63, 3.8) is 0 Å². The van der Waals surface area contributed by atoms with Crippen LogP contribution in [-0.2, 0) is 9.47 Å². The Balaban J connectivity index is 1.85. The maximum Gasteiger partial charge on any atom is 0.338 e. The molecule has 1 fully saturated rings. The van der Waals surface area contributed by atoms with Crippen LogP contribution in [-0.4, -0.2) is 43.7 Å². The minimum absolute atomic E-state index is 0.0165. The lowest BCUT2D eigenvalue weighted by Gasteiger charge is -2.14. The number of benzene rings is 1. The quantitative estimate of drug-likeness (QED) is 0.608. The molecule has 3 atom stereocenters. The van der Waals surface area contributed by atoms with E-state index >= 15 is 0 Å². The van der Waals surface area contributed by atoms with Crippen LogP contribution in [0.2, 0.25) is 0 Å². The predicted octanol–water partition coefficient (Wildman–Crippen LogP) is 0.488. The molecular formula is C12H13BO4. The molecule has 1 aromatic rings. The van der Waals surface area contributed by atoms with Gasteiger partial charge in [0.05, 0.1) is 11.7 Å². The molecule has 2 radical (unpaired) electrons. The van der Waals surface area contributed by atoms with E-state index in [2.05, 4.69) is 0 Å². The Hall–Kier alpha value is -1.33. The van der Waals surface area contributed by atoms with Crippen molar-refractivity contribution in [1.82, 2.24) is 0 Å². The summed E-state index contributed by atoms with van der Waals surface area (Å²) in [5, 5.41) is 9.55. The van der Waals surface area contributed by atoms with E-state index in [1.165, 1.54) is 0 Å². The summed E-state index contributed by atoms with van der Waals surface area (Å²) in [7, 11) is 5.51. The zero-order valence-corrected chi connectivity index (χ0v) is 9.28. The van der Waals surface area contributed by atoms with E-state index in [-0.39, 0.29) is 6.61 Å². The molecule has 1 aliphatic rings. The van der Waals surface area contributed by atoms with Crippen molar-refractivity contribution in [1.29, 1.82) is 0 Å². The highest BCUT2D eigenvalue weighted by atomic mass is 16.6. The number of hydrogen-bond donors (Lipinski definition) is 1. The third-order valence-electron chi connectivity index (χ3n) is 2.64. The van der Waals surface area contributed by atoms with Gasteiger partial charge in [-0.3, -0.25) is 0 Å². The van der Waals surface area contributed by atoms with Crippen molar-refractivity contribution in [3.05, 3.63) is 35.9 Å². The highest BCUT2D eigenvalue weighted by Gasteiger charge is 2.31. The lowest BCUT2D eigenvalue weighted by molar-refractivity contribution is -0.0201. The summed E-state index contributed by atoms with van der Waals surface area (Å²) < 4.78 is 10.3. The number of aliphatic hydroxyl groups is 1. The topological polar surface area (TPSA) is 55.8 Å². The molecular weight excluding hydrogens is 219 g/mol. The predicted molar refractivity (Wildman–Crippen MR) is 61.8 cm³/mol. The molecule has 0 spiro atoms. The van der Waals surface area contributed by atoms with E-state index in [1.54, 1.807) is 24.3 Å². The van der Waals surface area contributed by atoms with Gasteiger partial charge < -0.3 is 14.6 Å². The molecule has 0 saturated carbocycles. The fourth-order valence-corrected chi connectivity index (χ4v) is 1.73. The van der Waals surface area contributed by atoms with Gasteiger partial charge in [-0.15, -0.1) is 0 Å². The fourth-order valence-electron chi connectivity index (χ4n) is 1.73. The van der Waals surface area contributed by atoms with Crippen molar-refractivity contribution < 1.29 is 19.4 Å². The molecule has 0 amide bonds. The van der Waals surface area contributed by atoms with Crippen LogP contribution in [0.4, 0.5) is 0 Å². The Bertz CT molecular complexity index is 381. The molecule has 3 unspecified atom stereocenters. The standard InChI is InChI=1S/C12H13BO4/c13-11-6-9(14)10(17-11)7-16-12(15)8-4-2-1-3-5-8/h1-5,9-11,14H,6-7H2. The zero-order valence-electron chi connectivity index (χ0n) is 9.28. The fraction of sp³-hybridized carbons (Fsp3) is 0.417. The molecule has 88 valence electrons. The van der Waals surface area contributed by atoms with Crippen molar-refractivity contribution in [2.24, 2.45) is 0 Å². The number of hydrogen-bond acceptors (Lipinski definition) is 4. The van der Waals surface area contributed by atoms with Crippen molar-refractivity contribution in [2.45, 2.75) is 24.6 Å². The Kier molecular flexibility index (Phi) is 3.81. The molecule has 5 heteroatoms. The van der Waals surface area contributed by atoms with Crippen LogP contribution < -0.4 is 0 Å².